The summed E-state index contributed by atoms with van der Waals surface area (Å²) >= 11 is 0. The number of hydrogen-bond donors (Lipinski definition) is 2. The van der Waals surface area contributed by atoms with E-state index < -0.39 is 11.4 Å². The maximum Gasteiger partial charge on any atom is 0.309 e. The van der Waals surface area contributed by atoms with Crippen LogP contribution < -0.4 is 0 Å². The zero-order valence-electron chi connectivity index (χ0n) is 14.4. The molecule has 1 atom stereocenters. The molecule has 3 nitrogen and oxygen atoms in total. The first kappa shape index (κ1) is 21.0. The largest absolute Gasteiger partial charge is 0.481 e. The van der Waals surface area contributed by atoms with Gasteiger partial charge in [-0.25, -0.2) is 0 Å². The second-order valence-corrected chi connectivity index (χ2v) is 6.95. The molecular weight excluding hydrogens is 276 g/mol. The molecule has 0 spiro atoms. The second-order valence-electron chi connectivity index (χ2n) is 6.95. The Morgan fingerprint density at radius 2 is 1.50 bits per heavy atom. The fourth-order valence-electron chi connectivity index (χ4n) is 2.52. The summed E-state index contributed by atoms with van der Waals surface area (Å²) in [5, 5.41) is 18.8. The van der Waals surface area contributed by atoms with E-state index in [1.165, 1.54) is 25.7 Å². The number of aliphatic hydroxyl groups is 1. The number of aliphatic hydroxyl groups excluding tert-OH is 1. The molecule has 0 radical (unpaired) electrons. The Labute approximate surface area is 136 Å². The third-order valence-electron chi connectivity index (χ3n) is 4.28. The van der Waals surface area contributed by atoms with Crippen molar-refractivity contribution in [2.75, 3.05) is 0 Å². The molecule has 0 fully saturated rings. The standard InChI is InChI=1S/C19H34O3/c1-4-5-11-14-17(20)15-12-9-7-6-8-10-13-16-19(2,3)18(21)22/h1,17,20H,5-16H2,2-3H3,(H,21,22)/t17-/m1/s1. The number of hydrogen-bond acceptors (Lipinski definition) is 2. The average molecular weight is 310 g/mol. The van der Waals surface area contributed by atoms with Gasteiger partial charge >= 0.3 is 5.97 Å². The number of carboxylic acids is 1. The molecular formula is C19H34O3. The molecule has 0 saturated carbocycles. The molecule has 2 N–H and O–H groups in total. The molecule has 0 rings (SSSR count). The number of rotatable bonds is 14. The van der Waals surface area contributed by atoms with Crippen molar-refractivity contribution in [1.29, 1.82) is 0 Å². The van der Waals surface area contributed by atoms with Crippen molar-refractivity contribution in [2.45, 2.75) is 97.0 Å². The summed E-state index contributed by atoms with van der Waals surface area (Å²) in [6.45, 7) is 3.59. The third-order valence-corrected chi connectivity index (χ3v) is 4.28. The topological polar surface area (TPSA) is 57.5 Å². The number of aliphatic carboxylic acids is 1. The lowest BCUT2D eigenvalue weighted by molar-refractivity contribution is -0.147. The Morgan fingerprint density at radius 1 is 1.00 bits per heavy atom. The van der Waals surface area contributed by atoms with Gasteiger partial charge in [-0.1, -0.05) is 44.9 Å². The molecule has 0 unspecified atom stereocenters. The molecule has 22 heavy (non-hydrogen) atoms. The zero-order valence-corrected chi connectivity index (χ0v) is 14.4. The zero-order chi connectivity index (χ0) is 16.8. The monoisotopic (exact) mass is 310 g/mol. The van der Waals surface area contributed by atoms with Crippen molar-refractivity contribution in [2.24, 2.45) is 5.41 Å². The molecule has 0 aromatic carbocycles. The summed E-state index contributed by atoms with van der Waals surface area (Å²) in [4.78, 5) is 11.0. The van der Waals surface area contributed by atoms with Gasteiger partial charge in [0, 0.05) is 6.42 Å². The molecule has 0 aliphatic heterocycles. The summed E-state index contributed by atoms with van der Waals surface area (Å²) in [6.07, 6.45) is 17.1. The Morgan fingerprint density at radius 3 is 2.05 bits per heavy atom. The lowest BCUT2D eigenvalue weighted by Gasteiger charge is -2.18. The fraction of sp³-hybridized carbons (Fsp3) is 0.842. The lowest BCUT2D eigenvalue weighted by atomic mass is 9.87. The molecule has 0 aliphatic carbocycles. The van der Waals surface area contributed by atoms with Crippen LogP contribution in [-0.2, 0) is 4.79 Å². The van der Waals surface area contributed by atoms with Crippen LogP contribution in [0.15, 0.2) is 0 Å². The van der Waals surface area contributed by atoms with E-state index in [0.29, 0.717) is 0 Å². The highest BCUT2D eigenvalue weighted by Crippen LogP contribution is 2.24. The SMILES string of the molecule is C#CCCC[C@@H](O)CCCCCCCCCC(C)(C)C(=O)O. The van der Waals surface area contributed by atoms with Gasteiger partial charge < -0.3 is 10.2 Å². The van der Waals surface area contributed by atoms with E-state index in [2.05, 4.69) is 5.92 Å². The van der Waals surface area contributed by atoms with Gasteiger partial charge in [-0.2, -0.15) is 0 Å². The van der Waals surface area contributed by atoms with E-state index in [4.69, 9.17) is 11.5 Å². The molecule has 0 heterocycles. The van der Waals surface area contributed by atoms with E-state index in [-0.39, 0.29) is 6.10 Å². The van der Waals surface area contributed by atoms with Crippen LogP contribution in [-0.4, -0.2) is 22.3 Å². The Bertz CT molecular complexity index is 328. The molecule has 128 valence electrons. The van der Waals surface area contributed by atoms with Crippen LogP contribution in [0.2, 0.25) is 0 Å². The van der Waals surface area contributed by atoms with E-state index in [9.17, 15) is 9.90 Å². The highest BCUT2D eigenvalue weighted by molar-refractivity contribution is 5.73. The van der Waals surface area contributed by atoms with Crippen molar-refractivity contribution in [3.63, 3.8) is 0 Å². The van der Waals surface area contributed by atoms with Crippen LogP contribution in [0.1, 0.15) is 90.9 Å². The van der Waals surface area contributed by atoms with Crippen molar-refractivity contribution in [1.82, 2.24) is 0 Å². The summed E-state index contributed by atoms with van der Waals surface area (Å²) in [5.74, 6) is 1.89. The number of unbranched alkanes of at least 4 members (excludes halogenated alkanes) is 7. The van der Waals surface area contributed by atoms with Crippen LogP contribution in [0, 0.1) is 17.8 Å². The first-order valence-corrected chi connectivity index (χ1v) is 8.75. The van der Waals surface area contributed by atoms with Crippen molar-refractivity contribution < 1.29 is 15.0 Å². The minimum atomic E-state index is -0.701. The first-order valence-electron chi connectivity index (χ1n) is 8.75. The van der Waals surface area contributed by atoms with Gasteiger partial charge in [-0.3, -0.25) is 4.79 Å². The maximum absolute atomic E-state index is 11.0. The Hall–Kier alpha value is -1.01. The van der Waals surface area contributed by atoms with E-state index in [0.717, 1.165) is 51.4 Å². The number of carboxylic acid groups (broad SMARTS) is 1. The maximum atomic E-state index is 11.0. The van der Waals surface area contributed by atoms with E-state index >= 15 is 0 Å². The quantitative estimate of drug-likeness (QED) is 0.359. The summed E-state index contributed by atoms with van der Waals surface area (Å²) in [7, 11) is 0. The van der Waals surface area contributed by atoms with Gasteiger partial charge in [-0.15, -0.1) is 12.3 Å². The van der Waals surface area contributed by atoms with Gasteiger partial charge in [0.2, 0.25) is 0 Å². The lowest BCUT2D eigenvalue weighted by Crippen LogP contribution is -2.23. The predicted octanol–water partition coefficient (Wildman–Crippen LogP) is 4.77. The minimum absolute atomic E-state index is 0.188. The van der Waals surface area contributed by atoms with Gasteiger partial charge in [0.15, 0.2) is 0 Å². The number of terminal acetylenes is 1. The van der Waals surface area contributed by atoms with Gasteiger partial charge in [0.1, 0.15) is 0 Å². The molecule has 0 aromatic rings. The second kappa shape index (κ2) is 12.5. The van der Waals surface area contributed by atoms with Crippen LogP contribution in [0.25, 0.3) is 0 Å². The van der Waals surface area contributed by atoms with Gasteiger partial charge in [-0.05, 0) is 39.5 Å². The molecule has 0 aromatic heterocycles. The van der Waals surface area contributed by atoms with Gasteiger partial charge in [0.05, 0.1) is 11.5 Å². The van der Waals surface area contributed by atoms with Crippen molar-refractivity contribution in [3.8, 4) is 12.3 Å². The predicted molar refractivity (Wildman–Crippen MR) is 91.7 cm³/mol. The van der Waals surface area contributed by atoms with Crippen molar-refractivity contribution in [3.05, 3.63) is 0 Å². The first-order chi connectivity index (χ1) is 10.4. The average Bonchev–Trinajstić information content (AvgIpc) is 2.45. The molecule has 0 amide bonds. The minimum Gasteiger partial charge on any atom is -0.481 e. The molecule has 3 heteroatoms. The van der Waals surface area contributed by atoms with Crippen LogP contribution in [0.3, 0.4) is 0 Å². The normalized spacial score (nSPS) is 12.8. The van der Waals surface area contributed by atoms with E-state index in [1.807, 2.05) is 0 Å². The van der Waals surface area contributed by atoms with Crippen molar-refractivity contribution >= 4 is 5.97 Å². The smallest absolute Gasteiger partial charge is 0.309 e. The van der Waals surface area contributed by atoms with Crippen LogP contribution >= 0.6 is 0 Å². The third kappa shape index (κ3) is 11.6. The Kier molecular flexibility index (Phi) is 12.0. The Balaban J connectivity index is 3.34. The fourth-order valence-corrected chi connectivity index (χ4v) is 2.52. The highest BCUT2D eigenvalue weighted by atomic mass is 16.4. The summed E-state index contributed by atoms with van der Waals surface area (Å²) in [6, 6.07) is 0. The van der Waals surface area contributed by atoms with Crippen LogP contribution in [0.4, 0.5) is 0 Å². The summed E-state index contributed by atoms with van der Waals surface area (Å²) < 4.78 is 0. The molecule has 0 bridgehead atoms. The van der Waals surface area contributed by atoms with E-state index in [1.54, 1.807) is 13.8 Å². The molecule has 0 aliphatic rings. The van der Waals surface area contributed by atoms with Crippen LogP contribution in [0.5, 0.6) is 0 Å². The van der Waals surface area contributed by atoms with Gasteiger partial charge in [0.25, 0.3) is 0 Å². The number of carbonyl (C=O) groups is 1. The summed E-state index contributed by atoms with van der Waals surface area (Å²) in [5.41, 5.74) is -0.588. The molecule has 0 saturated heterocycles. The highest BCUT2D eigenvalue weighted by Gasteiger charge is 2.25.